The van der Waals surface area contributed by atoms with Gasteiger partial charge in [0.25, 0.3) is 0 Å². The molecular formula is C16H19ClN2. The van der Waals surface area contributed by atoms with Crippen molar-refractivity contribution < 1.29 is 0 Å². The summed E-state index contributed by atoms with van der Waals surface area (Å²) in [5.41, 5.74) is 3.54. The van der Waals surface area contributed by atoms with E-state index in [1.807, 2.05) is 24.3 Å². The smallest absolute Gasteiger partial charge is 0.0455 e. The number of halogens is 1. The average Bonchev–Trinajstić information content (AvgIpc) is 2.39. The number of nitrogens with zero attached hydrogens (tertiary/aromatic N) is 1. The normalized spacial score (nSPS) is 10.7. The first-order chi connectivity index (χ1) is 9.15. The highest BCUT2D eigenvalue weighted by Crippen LogP contribution is 2.17. The number of hydrogen-bond donors (Lipinski definition) is 1. The van der Waals surface area contributed by atoms with Gasteiger partial charge in [-0.2, -0.15) is 0 Å². The van der Waals surface area contributed by atoms with Gasteiger partial charge in [-0.25, -0.2) is 0 Å². The van der Waals surface area contributed by atoms with Crippen molar-refractivity contribution in [1.29, 1.82) is 0 Å². The highest BCUT2D eigenvalue weighted by atomic mass is 35.5. The van der Waals surface area contributed by atoms with E-state index < -0.39 is 0 Å². The van der Waals surface area contributed by atoms with Crippen LogP contribution in [-0.2, 0) is 13.1 Å². The molecule has 0 aromatic heterocycles. The van der Waals surface area contributed by atoms with E-state index in [1.54, 1.807) is 0 Å². The number of benzene rings is 2. The first-order valence-corrected chi connectivity index (χ1v) is 6.74. The van der Waals surface area contributed by atoms with Gasteiger partial charge in [-0.3, -0.25) is 0 Å². The summed E-state index contributed by atoms with van der Waals surface area (Å²) in [5, 5.41) is 4.19. The molecule has 2 aromatic rings. The molecule has 0 saturated carbocycles. The van der Waals surface area contributed by atoms with E-state index in [0.29, 0.717) is 0 Å². The van der Waals surface area contributed by atoms with E-state index in [-0.39, 0.29) is 0 Å². The molecule has 0 aliphatic heterocycles. The van der Waals surface area contributed by atoms with Crippen LogP contribution in [-0.4, -0.2) is 19.0 Å². The standard InChI is InChI=1S/C16H19ClN2/c1-19(2)12-13-7-9-15(10-8-13)18-11-14-5-3-4-6-16(14)17/h3-10,18H,11-12H2,1-2H3. The summed E-state index contributed by atoms with van der Waals surface area (Å²) < 4.78 is 0. The highest BCUT2D eigenvalue weighted by Gasteiger charge is 1.99. The van der Waals surface area contributed by atoms with Crippen molar-refractivity contribution in [2.24, 2.45) is 0 Å². The van der Waals surface area contributed by atoms with Crippen LogP contribution in [0.25, 0.3) is 0 Å². The molecule has 0 radical (unpaired) electrons. The van der Waals surface area contributed by atoms with Crippen LogP contribution in [0.5, 0.6) is 0 Å². The van der Waals surface area contributed by atoms with E-state index >= 15 is 0 Å². The lowest BCUT2D eigenvalue weighted by molar-refractivity contribution is 0.402. The summed E-state index contributed by atoms with van der Waals surface area (Å²) in [4.78, 5) is 2.16. The van der Waals surface area contributed by atoms with E-state index in [1.165, 1.54) is 5.56 Å². The van der Waals surface area contributed by atoms with Crippen LogP contribution in [0.1, 0.15) is 11.1 Å². The summed E-state index contributed by atoms with van der Waals surface area (Å²) in [6, 6.07) is 16.4. The van der Waals surface area contributed by atoms with Gasteiger partial charge in [0.1, 0.15) is 0 Å². The molecular weight excluding hydrogens is 256 g/mol. The Kier molecular flexibility index (Phi) is 4.83. The maximum Gasteiger partial charge on any atom is 0.0455 e. The Labute approximate surface area is 120 Å². The molecule has 0 heterocycles. The maximum absolute atomic E-state index is 6.13. The van der Waals surface area contributed by atoms with Gasteiger partial charge in [0.05, 0.1) is 0 Å². The van der Waals surface area contributed by atoms with Crippen molar-refractivity contribution >= 4 is 17.3 Å². The fourth-order valence-electron chi connectivity index (χ4n) is 1.93. The Morgan fingerprint density at radius 1 is 1.00 bits per heavy atom. The summed E-state index contributed by atoms with van der Waals surface area (Å²) in [6.45, 7) is 1.71. The van der Waals surface area contributed by atoms with Crippen LogP contribution in [0.2, 0.25) is 5.02 Å². The molecule has 0 unspecified atom stereocenters. The van der Waals surface area contributed by atoms with E-state index in [2.05, 4.69) is 48.6 Å². The third-order valence-corrected chi connectivity index (χ3v) is 3.26. The van der Waals surface area contributed by atoms with Crippen LogP contribution >= 0.6 is 11.6 Å². The van der Waals surface area contributed by atoms with Crippen LogP contribution in [0, 0.1) is 0 Å². The zero-order valence-electron chi connectivity index (χ0n) is 11.4. The number of rotatable bonds is 5. The molecule has 3 heteroatoms. The minimum absolute atomic E-state index is 0.743. The lowest BCUT2D eigenvalue weighted by Crippen LogP contribution is -2.10. The molecule has 2 aromatic carbocycles. The van der Waals surface area contributed by atoms with E-state index in [9.17, 15) is 0 Å². The average molecular weight is 275 g/mol. The molecule has 0 aliphatic rings. The molecule has 0 amide bonds. The second-order valence-electron chi connectivity index (χ2n) is 4.88. The molecule has 2 rings (SSSR count). The maximum atomic E-state index is 6.13. The van der Waals surface area contributed by atoms with Crippen molar-refractivity contribution in [3.8, 4) is 0 Å². The van der Waals surface area contributed by atoms with Crippen LogP contribution < -0.4 is 5.32 Å². The molecule has 2 nitrogen and oxygen atoms in total. The number of nitrogens with one attached hydrogen (secondary N) is 1. The van der Waals surface area contributed by atoms with Gasteiger partial charge in [0, 0.05) is 23.8 Å². The first-order valence-electron chi connectivity index (χ1n) is 6.36. The highest BCUT2D eigenvalue weighted by molar-refractivity contribution is 6.31. The minimum atomic E-state index is 0.743. The van der Waals surface area contributed by atoms with Crippen LogP contribution in [0.3, 0.4) is 0 Å². The lowest BCUT2D eigenvalue weighted by atomic mass is 10.2. The van der Waals surface area contributed by atoms with Crippen molar-refractivity contribution in [3.63, 3.8) is 0 Å². The van der Waals surface area contributed by atoms with Gasteiger partial charge in [-0.05, 0) is 43.4 Å². The van der Waals surface area contributed by atoms with Gasteiger partial charge in [0.15, 0.2) is 0 Å². The lowest BCUT2D eigenvalue weighted by Gasteiger charge is -2.11. The second-order valence-corrected chi connectivity index (χ2v) is 5.29. The summed E-state index contributed by atoms with van der Waals surface area (Å²) in [5.74, 6) is 0. The van der Waals surface area contributed by atoms with E-state index in [4.69, 9.17) is 11.6 Å². The molecule has 0 spiro atoms. The fourth-order valence-corrected chi connectivity index (χ4v) is 2.13. The monoisotopic (exact) mass is 274 g/mol. The Morgan fingerprint density at radius 3 is 2.32 bits per heavy atom. The fraction of sp³-hybridized carbons (Fsp3) is 0.250. The zero-order chi connectivity index (χ0) is 13.7. The van der Waals surface area contributed by atoms with E-state index in [0.717, 1.165) is 29.4 Å². The molecule has 100 valence electrons. The van der Waals surface area contributed by atoms with Gasteiger partial charge < -0.3 is 10.2 Å². The largest absolute Gasteiger partial charge is 0.381 e. The van der Waals surface area contributed by atoms with Crippen LogP contribution in [0.4, 0.5) is 5.69 Å². The first kappa shape index (κ1) is 13.9. The molecule has 0 saturated heterocycles. The Hall–Kier alpha value is -1.51. The van der Waals surface area contributed by atoms with Crippen LogP contribution in [0.15, 0.2) is 48.5 Å². The predicted octanol–water partition coefficient (Wildman–Crippen LogP) is 4.01. The zero-order valence-corrected chi connectivity index (χ0v) is 12.1. The number of hydrogen-bond acceptors (Lipinski definition) is 2. The topological polar surface area (TPSA) is 15.3 Å². The van der Waals surface area contributed by atoms with Crippen molar-refractivity contribution in [3.05, 3.63) is 64.7 Å². The summed E-state index contributed by atoms with van der Waals surface area (Å²) >= 11 is 6.13. The molecule has 19 heavy (non-hydrogen) atoms. The Balaban J connectivity index is 1.95. The Bertz CT molecular complexity index is 521. The van der Waals surface area contributed by atoms with Crippen molar-refractivity contribution in [2.45, 2.75) is 13.1 Å². The Morgan fingerprint density at radius 2 is 1.68 bits per heavy atom. The summed E-state index contributed by atoms with van der Waals surface area (Å²) in [7, 11) is 4.15. The summed E-state index contributed by atoms with van der Waals surface area (Å²) in [6.07, 6.45) is 0. The SMILES string of the molecule is CN(C)Cc1ccc(NCc2ccccc2Cl)cc1. The van der Waals surface area contributed by atoms with Gasteiger partial charge in [0.2, 0.25) is 0 Å². The second kappa shape index (κ2) is 6.60. The molecule has 1 N–H and O–H groups in total. The molecule has 0 aliphatic carbocycles. The molecule has 0 bridgehead atoms. The quantitative estimate of drug-likeness (QED) is 0.886. The third-order valence-electron chi connectivity index (χ3n) is 2.89. The third kappa shape index (κ3) is 4.27. The molecule has 0 fully saturated rings. The van der Waals surface area contributed by atoms with Crippen molar-refractivity contribution in [1.82, 2.24) is 4.90 Å². The van der Waals surface area contributed by atoms with Gasteiger partial charge in [-0.15, -0.1) is 0 Å². The molecule has 0 atom stereocenters. The van der Waals surface area contributed by atoms with Crippen molar-refractivity contribution in [2.75, 3.05) is 19.4 Å². The minimum Gasteiger partial charge on any atom is -0.381 e. The van der Waals surface area contributed by atoms with Gasteiger partial charge >= 0.3 is 0 Å². The predicted molar refractivity (Wildman–Crippen MR) is 82.6 cm³/mol. The number of anilines is 1. The van der Waals surface area contributed by atoms with Gasteiger partial charge in [-0.1, -0.05) is 41.9 Å².